The Morgan fingerprint density at radius 2 is 1.90 bits per heavy atom. The number of benzene rings is 1. The van der Waals surface area contributed by atoms with Crippen LogP contribution in [0.5, 0.6) is 5.75 Å². The monoisotopic (exact) mass is 303 g/mol. The van der Waals surface area contributed by atoms with Crippen molar-refractivity contribution >= 4 is 10.0 Å². The highest BCUT2D eigenvalue weighted by Gasteiger charge is 2.17. The summed E-state index contributed by atoms with van der Waals surface area (Å²) in [6.45, 7) is 2.38. The number of aliphatic hydroxyl groups excluding tert-OH is 1. The lowest BCUT2D eigenvalue weighted by molar-refractivity contribution is 0.188. The molecular weight excluding hydrogens is 282 g/mol. The number of sulfonamides is 1. The molecule has 0 aliphatic carbocycles. The Balaban J connectivity index is 2.67. The third kappa shape index (κ3) is 5.46. The van der Waals surface area contributed by atoms with E-state index in [9.17, 15) is 8.42 Å². The molecule has 1 unspecified atom stereocenters. The average Bonchev–Trinajstić information content (AvgIpc) is 2.43. The van der Waals surface area contributed by atoms with Crippen LogP contribution in [-0.4, -0.2) is 46.5 Å². The van der Waals surface area contributed by atoms with Crippen LogP contribution in [0.4, 0.5) is 0 Å². The van der Waals surface area contributed by atoms with Gasteiger partial charge >= 0.3 is 0 Å². The van der Waals surface area contributed by atoms with Crippen LogP contribution in [0.2, 0.25) is 0 Å². The molecule has 1 aromatic carbocycles. The average molecular weight is 303 g/mol. The standard InChI is InChI=1S/C13H21NO5S/c1-11(7-9-18-2)14-20(16,17)13-5-3-12(4-6-13)19-10-8-15/h3-6,11,14-15H,7-10H2,1-2H3. The molecule has 0 aliphatic rings. The van der Waals surface area contributed by atoms with E-state index in [2.05, 4.69) is 4.72 Å². The molecule has 1 rings (SSSR count). The molecule has 114 valence electrons. The fourth-order valence-electron chi connectivity index (χ4n) is 1.56. The van der Waals surface area contributed by atoms with Crippen molar-refractivity contribution in [2.75, 3.05) is 26.9 Å². The molecule has 20 heavy (non-hydrogen) atoms. The molecule has 0 amide bonds. The summed E-state index contributed by atoms with van der Waals surface area (Å²) in [5.41, 5.74) is 0. The summed E-state index contributed by atoms with van der Waals surface area (Å²) >= 11 is 0. The number of aliphatic hydroxyl groups is 1. The van der Waals surface area contributed by atoms with Crippen LogP contribution < -0.4 is 9.46 Å². The number of methoxy groups -OCH3 is 1. The summed E-state index contributed by atoms with van der Waals surface area (Å²) < 4.78 is 36.9. The largest absolute Gasteiger partial charge is 0.491 e. The minimum atomic E-state index is -3.54. The molecule has 0 radical (unpaired) electrons. The van der Waals surface area contributed by atoms with Crippen LogP contribution >= 0.6 is 0 Å². The first-order valence-electron chi connectivity index (χ1n) is 6.34. The van der Waals surface area contributed by atoms with Gasteiger partial charge in [-0.15, -0.1) is 0 Å². The minimum absolute atomic E-state index is 0.0847. The third-order valence-electron chi connectivity index (χ3n) is 2.61. The Kier molecular flexibility index (Phi) is 6.94. The highest BCUT2D eigenvalue weighted by molar-refractivity contribution is 7.89. The minimum Gasteiger partial charge on any atom is -0.491 e. The molecule has 0 saturated carbocycles. The fraction of sp³-hybridized carbons (Fsp3) is 0.538. The first-order valence-corrected chi connectivity index (χ1v) is 7.83. The van der Waals surface area contributed by atoms with Crippen molar-refractivity contribution in [3.63, 3.8) is 0 Å². The Morgan fingerprint density at radius 3 is 2.45 bits per heavy atom. The molecule has 0 fully saturated rings. The summed E-state index contributed by atoms with van der Waals surface area (Å²) in [5.74, 6) is 0.519. The third-order valence-corrected chi connectivity index (χ3v) is 4.21. The molecular formula is C13H21NO5S. The van der Waals surface area contributed by atoms with Gasteiger partial charge in [0.15, 0.2) is 0 Å². The maximum absolute atomic E-state index is 12.1. The summed E-state index contributed by atoms with van der Waals surface area (Å²) in [7, 11) is -1.96. The van der Waals surface area contributed by atoms with Crippen LogP contribution in [0.1, 0.15) is 13.3 Å². The Hall–Kier alpha value is -1.15. The zero-order valence-electron chi connectivity index (χ0n) is 11.7. The molecule has 0 bridgehead atoms. The van der Waals surface area contributed by atoms with E-state index in [1.807, 2.05) is 0 Å². The highest BCUT2D eigenvalue weighted by Crippen LogP contribution is 2.16. The number of hydrogen-bond donors (Lipinski definition) is 2. The second-order valence-electron chi connectivity index (χ2n) is 4.35. The van der Waals surface area contributed by atoms with E-state index in [0.29, 0.717) is 18.8 Å². The topological polar surface area (TPSA) is 84.9 Å². The van der Waals surface area contributed by atoms with Crippen LogP contribution in [0.15, 0.2) is 29.2 Å². The van der Waals surface area contributed by atoms with E-state index in [1.165, 1.54) is 12.1 Å². The zero-order valence-corrected chi connectivity index (χ0v) is 12.5. The normalized spacial score (nSPS) is 13.2. The van der Waals surface area contributed by atoms with Crippen LogP contribution in [0, 0.1) is 0 Å². The van der Waals surface area contributed by atoms with Crippen molar-refractivity contribution in [2.45, 2.75) is 24.3 Å². The van der Waals surface area contributed by atoms with Crippen molar-refractivity contribution in [2.24, 2.45) is 0 Å². The van der Waals surface area contributed by atoms with E-state index >= 15 is 0 Å². The van der Waals surface area contributed by atoms with Crippen molar-refractivity contribution in [1.82, 2.24) is 4.72 Å². The van der Waals surface area contributed by atoms with Crippen LogP contribution in [0.3, 0.4) is 0 Å². The molecule has 7 heteroatoms. The van der Waals surface area contributed by atoms with Gasteiger partial charge in [0, 0.05) is 19.8 Å². The SMILES string of the molecule is COCCC(C)NS(=O)(=O)c1ccc(OCCO)cc1. The lowest BCUT2D eigenvalue weighted by Gasteiger charge is -2.14. The molecule has 0 aliphatic heterocycles. The molecule has 0 heterocycles. The van der Waals surface area contributed by atoms with Crippen molar-refractivity contribution in [1.29, 1.82) is 0 Å². The predicted octanol–water partition coefficient (Wildman–Crippen LogP) is 0.761. The van der Waals surface area contributed by atoms with Gasteiger partial charge in [-0.1, -0.05) is 0 Å². The number of nitrogens with one attached hydrogen (secondary N) is 1. The summed E-state index contributed by atoms with van der Waals surface area (Å²) in [5, 5.41) is 8.64. The van der Waals surface area contributed by atoms with Gasteiger partial charge in [-0.2, -0.15) is 0 Å². The van der Waals surface area contributed by atoms with Crippen LogP contribution in [-0.2, 0) is 14.8 Å². The summed E-state index contributed by atoms with van der Waals surface area (Å²) in [6.07, 6.45) is 0.605. The van der Waals surface area contributed by atoms with E-state index in [4.69, 9.17) is 14.6 Å². The summed E-state index contributed by atoms with van der Waals surface area (Å²) in [6, 6.07) is 5.86. The van der Waals surface area contributed by atoms with E-state index < -0.39 is 10.0 Å². The van der Waals surface area contributed by atoms with Gasteiger partial charge in [0.05, 0.1) is 11.5 Å². The number of hydrogen-bond acceptors (Lipinski definition) is 5. The van der Waals surface area contributed by atoms with Gasteiger partial charge in [0.2, 0.25) is 10.0 Å². The Morgan fingerprint density at radius 1 is 1.25 bits per heavy atom. The maximum Gasteiger partial charge on any atom is 0.240 e. The molecule has 0 aromatic heterocycles. The number of ether oxygens (including phenoxy) is 2. The quantitative estimate of drug-likeness (QED) is 0.703. The first-order chi connectivity index (χ1) is 9.49. The molecule has 1 aromatic rings. The van der Waals surface area contributed by atoms with Crippen LogP contribution in [0.25, 0.3) is 0 Å². The van der Waals surface area contributed by atoms with E-state index in [0.717, 1.165) is 0 Å². The second-order valence-corrected chi connectivity index (χ2v) is 6.06. The van der Waals surface area contributed by atoms with Crippen molar-refractivity contribution < 1.29 is 23.0 Å². The zero-order chi connectivity index (χ0) is 15.0. The van der Waals surface area contributed by atoms with E-state index in [1.54, 1.807) is 26.2 Å². The molecule has 0 spiro atoms. The van der Waals surface area contributed by atoms with Gasteiger partial charge in [0.25, 0.3) is 0 Å². The van der Waals surface area contributed by atoms with Gasteiger partial charge in [-0.3, -0.25) is 0 Å². The van der Waals surface area contributed by atoms with Gasteiger partial charge in [-0.05, 0) is 37.6 Å². The highest BCUT2D eigenvalue weighted by atomic mass is 32.2. The van der Waals surface area contributed by atoms with Crippen molar-refractivity contribution in [3.8, 4) is 5.75 Å². The smallest absolute Gasteiger partial charge is 0.240 e. The second kappa shape index (κ2) is 8.21. The lowest BCUT2D eigenvalue weighted by Crippen LogP contribution is -2.33. The predicted molar refractivity (Wildman–Crippen MR) is 75.3 cm³/mol. The lowest BCUT2D eigenvalue weighted by atomic mass is 10.3. The summed E-state index contributed by atoms with van der Waals surface area (Å²) in [4.78, 5) is 0.179. The van der Waals surface area contributed by atoms with Gasteiger partial charge in [-0.25, -0.2) is 13.1 Å². The Bertz CT molecular complexity index is 486. The van der Waals surface area contributed by atoms with E-state index in [-0.39, 0.29) is 24.2 Å². The first kappa shape index (κ1) is 16.9. The van der Waals surface area contributed by atoms with Gasteiger partial charge < -0.3 is 14.6 Å². The molecule has 0 saturated heterocycles. The van der Waals surface area contributed by atoms with Gasteiger partial charge in [0.1, 0.15) is 12.4 Å². The van der Waals surface area contributed by atoms with Crippen molar-refractivity contribution in [3.05, 3.63) is 24.3 Å². The molecule has 6 nitrogen and oxygen atoms in total. The Labute approximate surface area is 119 Å². The molecule has 2 N–H and O–H groups in total. The fourth-order valence-corrected chi connectivity index (χ4v) is 2.84. The number of rotatable bonds is 9. The maximum atomic E-state index is 12.1. The molecule has 1 atom stereocenters.